The van der Waals surface area contributed by atoms with Crippen molar-refractivity contribution in [3.8, 4) is 0 Å². The number of urea groups is 1. The summed E-state index contributed by atoms with van der Waals surface area (Å²) in [6, 6.07) is -0.486. The molecular formula is C10H19N3O2S. The maximum absolute atomic E-state index is 11.7. The predicted octanol–water partition coefficient (Wildman–Crippen LogP) is 0.990. The van der Waals surface area contributed by atoms with Crippen LogP contribution in [-0.4, -0.2) is 23.5 Å². The van der Waals surface area contributed by atoms with Crippen molar-refractivity contribution in [3.05, 3.63) is 11.6 Å². The van der Waals surface area contributed by atoms with E-state index in [9.17, 15) is 9.59 Å². The molecular weight excluding hydrogens is 226 g/mol. The van der Waals surface area contributed by atoms with Gasteiger partial charge in [0.2, 0.25) is 5.91 Å². The number of hydrogen-bond acceptors (Lipinski definition) is 3. The summed E-state index contributed by atoms with van der Waals surface area (Å²) >= 11 is 3.83. The van der Waals surface area contributed by atoms with Crippen molar-refractivity contribution in [3.63, 3.8) is 0 Å². The first-order valence-electron chi connectivity index (χ1n) is 4.93. The molecule has 0 radical (unpaired) electrons. The Kier molecular flexibility index (Phi) is 5.37. The summed E-state index contributed by atoms with van der Waals surface area (Å²) in [5.74, 6) is -0.248. The number of rotatable bonds is 4. The number of carbonyl (C=O) groups excluding carboxylic acids is 2. The van der Waals surface area contributed by atoms with Crippen molar-refractivity contribution in [2.24, 2.45) is 0 Å². The molecule has 0 saturated carbocycles. The maximum atomic E-state index is 11.7. The van der Waals surface area contributed by atoms with Gasteiger partial charge in [-0.15, -0.1) is 12.6 Å². The van der Waals surface area contributed by atoms with Gasteiger partial charge in [0.25, 0.3) is 0 Å². The second kappa shape index (κ2) is 5.79. The molecule has 0 unspecified atom stereocenters. The largest absolute Gasteiger partial charge is 0.352 e. The molecule has 0 rings (SSSR count). The predicted molar refractivity (Wildman–Crippen MR) is 67.2 cm³/mol. The molecule has 0 spiro atoms. The fraction of sp³-hybridized carbons (Fsp3) is 0.600. The van der Waals surface area contributed by atoms with Gasteiger partial charge in [-0.3, -0.25) is 4.79 Å². The highest BCUT2D eigenvalue weighted by atomic mass is 32.1. The first-order chi connectivity index (χ1) is 7.15. The van der Waals surface area contributed by atoms with Crippen molar-refractivity contribution in [2.45, 2.75) is 39.3 Å². The van der Waals surface area contributed by atoms with E-state index in [4.69, 9.17) is 0 Å². The smallest absolute Gasteiger partial charge is 0.320 e. The Morgan fingerprint density at radius 3 is 2.19 bits per heavy atom. The third kappa shape index (κ3) is 5.65. The van der Waals surface area contributed by atoms with E-state index >= 15 is 0 Å². The number of thiol groups is 1. The van der Waals surface area contributed by atoms with E-state index in [0.717, 1.165) is 0 Å². The van der Waals surface area contributed by atoms with Gasteiger partial charge in [-0.25, -0.2) is 4.79 Å². The maximum Gasteiger partial charge on any atom is 0.320 e. The molecule has 3 N–H and O–H groups in total. The molecule has 0 aromatic rings. The van der Waals surface area contributed by atoms with Gasteiger partial charge in [0.15, 0.2) is 0 Å². The number of hydrogen-bond donors (Lipinski definition) is 4. The summed E-state index contributed by atoms with van der Waals surface area (Å²) < 4.78 is 0. The topological polar surface area (TPSA) is 70.2 Å². The highest BCUT2D eigenvalue weighted by molar-refractivity contribution is 7.84. The van der Waals surface area contributed by atoms with Crippen LogP contribution in [0.25, 0.3) is 0 Å². The van der Waals surface area contributed by atoms with E-state index in [1.165, 1.54) is 0 Å². The molecule has 5 nitrogen and oxygen atoms in total. The van der Waals surface area contributed by atoms with E-state index in [-0.39, 0.29) is 17.0 Å². The van der Waals surface area contributed by atoms with Gasteiger partial charge in [0, 0.05) is 6.04 Å². The first kappa shape index (κ1) is 14.8. The van der Waals surface area contributed by atoms with Crippen LogP contribution in [0.3, 0.4) is 0 Å². The quantitative estimate of drug-likeness (QED) is 0.558. The van der Waals surface area contributed by atoms with Gasteiger partial charge in [-0.1, -0.05) is 6.58 Å². The highest BCUT2D eigenvalue weighted by Gasteiger charge is 2.29. The zero-order chi connectivity index (χ0) is 12.9. The molecule has 92 valence electrons. The zero-order valence-corrected chi connectivity index (χ0v) is 10.9. The monoisotopic (exact) mass is 245 g/mol. The summed E-state index contributed by atoms with van der Waals surface area (Å²) in [4.78, 5) is 23.0. The van der Waals surface area contributed by atoms with Crippen LogP contribution in [-0.2, 0) is 4.79 Å². The minimum atomic E-state index is -0.989. The van der Waals surface area contributed by atoms with E-state index in [1.807, 2.05) is 13.8 Å². The Labute approximate surface area is 101 Å². The molecule has 0 aliphatic carbocycles. The Bertz CT molecular complexity index is 300. The van der Waals surface area contributed by atoms with Gasteiger partial charge < -0.3 is 16.0 Å². The number of nitrogens with one attached hydrogen (secondary N) is 3. The summed E-state index contributed by atoms with van der Waals surface area (Å²) in [6.45, 7) is 10.3. The lowest BCUT2D eigenvalue weighted by Gasteiger charge is -2.26. The van der Waals surface area contributed by atoms with E-state index < -0.39 is 11.6 Å². The average Bonchev–Trinajstić information content (AvgIpc) is 1.98. The van der Waals surface area contributed by atoms with Crippen LogP contribution >= 0.6 is 12.6 Å². The van der Waals surface area contributed by atoms with Crippen molar-refractivity contribution < 1.29 is 9.59 Å². The normalized spacial score (nSPS) is 10.9. The second-order valence-corrected chi connectivity index (χ2v) is 4.82. The molecule has 0 aliphatic rings. The van der Waals surface area contributed by atoms with Gasteiger partial charge in [-0.05, 0) is 27.7 Å². The SMILES string of the molecule is C=C(S)NC(=O)NC(C)(C)C(=O)NC(C)C. The van der Waals surface area contributed by atoms with E-state index in [0.29, 0.717) is 0 Å². The Balaban J connectivity index is 4.38. The van der Waals surface area contributed by atoms with Gasteiger partial charge >= 0.3 is 6.03 Å². The molecule has 0 aromatic carbocycles. The molecule has 0 fully saturated rings. The van der Waals surface area contributed by atoms with Crippen molar-refractivity contribution in [2.75, 3.05) is 0 Å². The fourth-order valence-electron chi connectivity index (χ4n) is 0.946. The minimum Gasteiger partial charge on any atom is -0.352 e. The standard InChI is InChI=1S/C10H19N3O2S/c1-6(2)11-8(14)10(4,5)13-9(15)12-7(3)16/h6,16H,3H2,1-2,4-5H3,(H,11,14)(H2,12,13,15). The third-order valence-electron chi connectivity index (χ3n) is 1.67. The summed E-state index contributed by atoms with van der Waals surface area (Å²) in [5, 5.41) is 7.81. The van der Waals surface area contributed by atoms with Crippen LogP contribution in [0.2, 0.25) is 0 Å². The molecule has 0 heterocycles. The molecule has 0 aromatic heterocycles. The summed E-state index contributed by atoms with van der Waals surface area (Å²) in [5.41, 5.74) is -0.989. The highest BCUT2D eigenvalue weighted by Crippen LogP contribution is 2.03. The van der Waals surface area contributed by atoms with Crippen LogP contribution in [0.15, 0.2) is 11.6 Å². The Morgan fingerprint density at radius 1 is 1.31 bits per heavy atom. The Hall–Kier alpha value is -1.17. The van der Waals surface area contributed by atoms with Crippen molar-refractivity contribution >= 4 is 24.6 Å². The fourth-order valence-corrected chi connectivity index (χ4v) is 1.05. The van der Waals surface area contributed by atoms with Crippen molar-refractivity contribution in [1.29, 1.82) is 0 Å². The lowest BCUT2D eigenvalue weighted by molar-refractivity contribution is -0.126. The van der Waals surface area contributed by atoms with Crippen LogP contribution in [0.1, 0.15) is 27.7 Å². The van der Waals surface area contributed by atoms with Gasteiger partial charge in [0.1, 0.15) is 5.54 Å². The first-order valence-corrected chi connectivity index (χ1v) is 5.38. The van der Waals surface area contributed by atoms with E-state index in [1.54, 1.807) is 13.8 Å². The van der Waals surface area contributed by atoms with Crippen LogP contribution in [0.5, 0.6) is 0 Å². The van der Waals surface area contributed by atoms with Crippen molar-refractivity contribution in [1.82, 2.24) is 16.0 Å². The zero-order valence-electron chi connectivity index (χ0n) is 10.0. The van der Waals surface area contributed by atoms with Crippen LogP contribution in [0.4, 0.5) is 4.79 Å². The number of amides is 3. The molecule has 0 atom stereocenters. The lowest BCUT2D eigenvalue weighted by Crippen LogP contribution is -2.57. The van der Waals surface area contributed by atoms with Crippen LogP contribution < -0.4 is 16.0 Å². The molecule has 16 heavy (non-hydrogen) atoms. The molecule has 3 amide bonds. The lowest BCUT2D eigenvalue weighted by atomic mass is 10.0. The molecule has 0 bridgehead atoms. The van der Waals surface area contributed by atoms with Gasteiger partial charge in [-0.2, -0.15) is 0 Å². The molecule has 6 heteroatoms. The Morgan fingerprint density at radius 2 is 1.81 bits per heavy atom. The third-order valence-corrected chi connectivity index (χ3v) is 1.78. The summed E-state index contributed by atoms with van der Waals surface area (Å²) in [6.07, 6.45) is 0. The number of carbonyl (C=O) groups is 2. The average molecular weight is 245 g/mol. The summed E-state index contributed by atoms with van der Waals surface area (Å²) in [7, 11) is 0. The second-order valence-electron chi connectivity index (χ2n) is 4.28. The molecule has 0 saturated heterocycles. The minimum absolute atomic E-state index is 0.0245. The van der Waals surface area contributed by atoms with Gasteiger partial charge in [0.05, 0.1) is 5.03 Å². The molecule has 0 aliphatic heterocycles. The van der Waals surface area contributed by atoms with E-state index in [2.05, 4.69) is 35.2 Å². The van der Waals surface area contributed by atoms with Crippen LogP contribution in [0, 0.1) is 0 Å².